The van der Waals surface area contributed by atoms with Gasteiger partial charge >= 0.3 is 0 Å². The molecule has 2 aliphatic rings. The summed E-state index contributed by atoms with van der Waals surface area (Å²) in [6.45, 7) is 7.98. The largest absolute Gasteiger partial charge is 0.297 e. The summed E-state index contributed by atoms with van der Waals surface area (Å²) in [6.07, 6.45) is 0. The summed E-state index contributed by atoms with van der Waals surface area (Å²) in [5, 5.41) is 0. The number of hydrogen-bond acceptors (Lipinski definition) is 4. The maximum absolute atomic E-state index is 13.9. The fraction of sp³-hybridized carbons (Fsp3) is 0.286. The van der Waals surface area contributed by atoms with Crippen LogP contribution in [0.25, 0.3) is 0 Å². The molecule has 1 fully saturated rings. The summed E-state index contributed by atoms with van der Waals surface area (Å²) >= 11 is 0. The zero-order valence-corrected chi connectivity index (χ0v) is 18.7. The lowest BCUT2D eigenvalue weighted by Gasteiger charge is -2.44. The van der Waals surface area contributed by atoms with Crippen molar-refractivity contribution < 1.29 is 9.59 Å². The molecule has 3 aromatic carbocycles. The summed E-state index contributed by atoms with van der Waals surface area (Å²) < 4.78 is 0. The standard InChI is InChI=1S/C28H28N2O2/c1-20-12-13-24-25(18-20)27(32)28(26(24)31,23-10-4-3-5-11-23)30-16-14-29(15-17-30)19-22-9-7-6-8-21(22)2/h3-13,18H,14-17,19H2,1-2H3. The van der Waals surface area contributed by atoms with Gasteiger partial charge in [0.25, 0.3) is 0 Å². The second-order valence-corrected chi connectivity index (χ2v) is 8.97. The van der Waals surface area contributed by atoms with Gasteiger partial charge in [-0.2, -0.15) is 0 Å². The number of carbonyl (C=O) groups excluding carboxylic acids is 2. The van der Waals surface area contributed by atoms with Crippen molar-refractivity contribution in [3.05, 3.63) is 106 Å². The van der Waals surface area contributed by atoms with Crippen LogP contribution in [-0.4, -0.2) is 47.5 Å². The van der Waals surface area contributed by atoms with Crippen molar-refractivity contribution in [2.45, 2.75) is 25.9 Å². The quantitative estimate of drug-likeness (QED) is 0.582. The molecule has 0 bridgehead atoms. The van der Waals surface area contributed by atoms with Gasteiger partial charge < -0.3 is 0 Å². The molecule has 0 spiro atoms. The van der Waals surface area contributed by atoms with Crippen molar-refractivity contribution in [3.8, 4) is 0 Å². The van der Waals surface area contributed by atoms with E-state index in [4.69, 9.17) is 0 Å². The average Bonchev–Trinajstić information content (AvgIpc) is 3.03. The highest BCUT2D eigenvalue weighted by Crippen LogP contribution is 2.43. The minimum absolute atomic E-state index is 0.0836. The third-order valence-electron chi connectivity index (χ3n) is 7.01. The van der Waals surface area contributed by atoms with Gasteiger partial charge in [0, 0.05) is 43.9 Å². The van der Waals surface area contributed by atoms with E-state index in [1.165, 1.54) is 11.1 Å². The highest BCUT2D eigenvalue weighted by atomic mass is 16.2. The second-order valence-electron chi connectivity index (χ2n) is 8.97. The number of aryl methyl sites for hydroxylation is 2. The molecule has 1 atom stereocenters. The van der Waals surface area contributed by atoms with Crippen LogP contribution in [0.3, 0.4) is 0 Å². The number of hydrogen-bond donors (Lipinski definition) is 0. The maximum Gasteiger partial charge on any atom is 0.196 e. The lowest BCUT2D eigenvalue weighted by Crippen LogP contribution is -2.60. The van der Waals surface area contributed by atoms with Crippen molar-refractivity contribution >= 4 is 11.6 Å². The van der Waals surface area contributed by atoms with Gasteiger partial charge in [0.05, 0.1) is 0 Å². The lowest BCUT2D eigenvalue weighted by atomic mass is 9.82. The number of piperazine rings is 1. The third kappa shape index (κ3) is 3.22. The van der Waals surface area contributed by atoms with E-state index >= 15 is 0 Å². The second kappa shape index (κ2) is 8.12. The van der Waals surface area contributed by atoms with Gasteiger partial charge in [-0.05, 0) is 36.6 Å². The Morgan fingerprint density at radius 2 is 1.41 bits per heavy atom. The van der Waals surface area contributed by atoms with Crippen LogP contribution in [-0.2, 0) is 12.1 Å². The Morgan fingerprint density at radius 1 is 0.750 bits per heavy atom. The first kappa shape index (κ1) is 20.8. The normalized spacial score (nSPS) is 21.7. The average molecular weight is 425 g/mol. The third-order valence-corrected chi connectivity index (χ3v) is 7.01. The van der Waals surface area contributed by atoms with Crippen molar-refractivity contribution in [1.29, 1.82) is 0 Å². The number of benzene rings is 3. The fourth-order valence-electron chi connectivity index (χ4n) is 5.22. The van der Waals surface area contributed by atoms with Gasteiger partial charge in [0.2, 0.25) is 0 Å². The Balaban J connectivity index is 1.47. The Bertz CT molecular complexity index is 1180. The molecule has 0 N–H and O–H groups in total. The van der Waals surface area contributed by atoms with Crippen LogP contribution in [0.5, 0.6) is 0 Å². The predicted octanol–water partition coefficient (Wildman–Crippen LogP) is 4.40. The maximum atomic E-state index is 13.9. The molecule has 1 saturated heterocycles. The van der Waals surface area contributed by atoms with Gasteiger partial charge in [-0.15, -0.1) is 0 Å². The number of ketones is 2. The van der Waals surface area contributed by atoms with Crippen LogP contribution in [0, 0.1) is 13.8 Å². The van der Waals surface area contributed by atoms with Crippen LogP contribution in [0.1, 0.15) is 43.0 Å². The van der Waals surface area contributed by atoms with E-state index in [-0.39, 0.29) is 11.6 Å². The minimum Gasteiger partial charge on any atom is -0.297 e. The molecule has 1 unspecified atom stereocenters. The van der Waals surface area contributed by atoms with E-state index in [1.54, 1.807) is 0 Å². The molecule has 4 heteroatoms. The first-order valence-corrected chi connectivity index (χ1v) is 11.3. The predicted molar refractivity (Wildman–Crippen MR) is 126 cm³/mol. The summed E-state index contributed by atoms with van der Waals surface area (Å²) in [7, 11) is 0. The zero-order valence-electron chi connectivity index (χ0n) is 18.7. The molecular weight excluding hydrogens is 396 g/mol. The first-order chi connectivity index (χ1) is 15.5. The monoisotopic (exact) mass is 424 g/mol. The summed E-state index contributed by atoms with van der Waals surface area (Å²) in [4.78, 5) is 32.3. The van der Waals surface area contributed by atoms with Crippen molar-refractivity contribution in [1.82, 2.24) is 9.80 Å². The summed E-state index contributed by atoms with van der Waals surface area (Å²) in [5.74, 6) is -0.171. The van der Waals surface area contributed by atoms with Gasteiger partial charge in [-0.3, -0.25) is 19.4 Å². The minimum atomic E-state index is -1.26. The Hall–Kier alpha value is -3.08. The van der Waals surface area contributed by atoms with Gasteiger partial charge in [-0.1, -0.05) is 72.3 Å². The van der Waals surface area contributed by atoms with Crippen LogP contribution < -0.4 is 0 Å². The first-order valence-electron chi connectivity index (χ1n) is 11.3. The van der Waals surface area contributed by atoms with Crippen molar-refractivity contribution in [2.75, 3.05) is 26.2 Å². The molecule has 0 aromatic heterocycles. The smallest absolute Gasteiger partial charge is 0.196 e. The Kier molecular flexibility index (Phi) is 5.28. The van der Waals surface area contributed by atoms with Crippen molar-refractivity contribution in [2.24, 2.45) is 0 Å². The van der Waals surface area contributed by atoms with Gasteiger partial charge in [0.15, 0.2) is 17.1 Å². The molecule has 1 aliphatic carbocycles. The van der Waals surface area contributed by atoms with Gasteiger partial charge in [-0.25, -0.2) is 0 Å². The van der Waals surface area contributed by atoms with Gasteiger partial charge in [0.1, 0.15) is 0 Å². The van der Waals surface area contributed by atoms with Crippen LogP contribution in [0.2, 0.25) is 0 Å². The molecule has 4 nitrogen and oxygen atoms in total. The van der Waals surface area contributed by atoms with Crippen LogP contribution in [0.15, 0.2) is 72.8 Å². The van der Waals surface area contributed by atoms with Crippen LogP contribution in [0.4, 0.5) is 0 Å². The van der Waals surface area contributed by atoms with Crippen LogP contribution >= 0.6 is 0 Å². The molecule has 32 heavy (non-hydrogen) atoms. The fourth-order valence-corrected chi connectivity index (χ4v) is 5.22. The molecule has 3 aromatic rings. The molecule has 0 amide bonds. The highest BCUT2D eigenvalue weighted by molar-refractivity contribution is 6.32. The Morgan fingerprint density at radius 3 is 2.12 bits per heavy atom. The van der Waals surface area contributed by atoms with E-state index in [0.717, 1.165) is 30.8 Å². The molecule has 0 saturated carbocycles. The molecule has 0 radical (unpaired) electrons. The van der Waals surface area contributed by atoms with E-state index in [2.05, 4.69) is 41.0 Å². The molecule has 1 aliphatic heterocycles. The Labute approximate surface area is 189 Å². The van der Waals surface area contributed by atoms with E-state index < -0.39 is 5.54 Å². The zero-order chi connectivity index (χ0) is 22.3. The lowest BCUT2D eigenvalue weighted by molar-refractivity contribution is 0.0279. The number of fused-ring (bicyclic) bond motifs is 1. The highest BCUT2D eigenvalue weighted by Gasteiger charge is 2.58. The SMILES string of the molecule is Cc1ccc2c(c1)C(=O)C(c1ccccc1)(N1CCN(Cc3ccccc3C)CC1)C2=O. The van der Waals surface area contributed by atoms with E-state index in [0.29, 0.717) is 24.2 Å². The van der Waals surface area contributed by atoms with E-state index in [9.17, 15) is 9.59 Å². The number of carbonyl (C=O) groups is 2. The molecule has 162 valence electrons. The van der Waals surface area contributed by atoms with Crippen molar-refractivity contribution in [3.63, 3.8) is 0 Å². The molecule has 1 heterocycles. The molecule has 5 rings (SSSR count). The molecular formula is C28H28N2O2. The summed E-state index contributed by atoms with van der Waals surface area (Å²) in [6, 6.07) is 23.7. The number of rotatable bonds is 4. The summed E-state index contributed by atoms with van der Waals surface area (Å²) in [5.41, 5.74) is 4.24. The van der Waals surface area contributed by atoms with E-state index in [1.807, 2.05) is 55.5 Å². The number of nitrogens with zero attached hydrogens (tertiary/aromatic N) is 2. The number of Topliss-reactive ketones (excluding diaryl/α,β-unsaturated/α-hetero) is 2. The topological polar surface area (TPSA) is 40.6 Å².